The molecule has 0 unspecified atom stereocenters. The van der Waals surface area contributed by atoms with E-state index in [0.717, 1.165) is 5.56 Å². The van der Waals surface area contributed by atoms with Crippen LogP contribution in [0.5, 0.6) is 5.75 Å². The molecule has 0 atom stereocenters. The molecule has 0 aliphatic carbocycles. The van der Waals surface area contributed by atoms with Crippen LogP contribution in [-0.4, -0.2) is 42.4 Å². The molecule has 1 heterocycles. The van der Waals surface area contributed by atoms with Gasteiger partial charge in [0.05, 0.1) is 11.3 Å². The van der Waals surface area contributed by atoms with Gasteiger partial charge >= 0.3 is 0 Å². The van der Waals surface area contributed by atoms with Gasteiger partial charge < -0.3 is 15.0 Å². The zero-order chi connectivity index (χ0) is 18.6. The van der Waals surface area contributed by atoms with Gasteiger partial charge in [-0.15, -0.1) is 0 Å². The van der Waals surface area contributed by atoms with Gasteiger partial charge in [0.1, 0.15) is 16.1 Å². The molecule has 0 saturated heterocycles. The Morgan fingerprint density at radius 1 is 1.20 bits per heavy atom. The Morgan fingerprint density at radius 3 is 2.56 bits per heavy atom. The maximum Gasteiger partial charge on any atom is 0.259 e. The van der Waals surface area contributed by atoms with E-state index in [0.29, 0.717) is 11.4 Å². The van der Waals surface area contributed by atoms with Crippen LogP contribution in [0.1, 0.15) is 15.9 Å². The zero-order valence-corrected chi connectivity index (χ0v) is 15.5. The number of carbonyl (C=O) groups excluding carboxylic acids is 2. The number of nitrogens with one attached hydrogen (secondary N) is 1. The Kier molecular flexibility index (Phi) is 6.22. The Hall–Kier alpha value is -2.31. The summed E-state index contributed by atoms with van der Waals surface area (Å²) in [6.07, 6.45) is 0. The number of hydrogen-bond acceptors (Lipinski definition) is 4. The van der Waals surface area contributed by atoms with E-state index in [4.69, 9.17) is 27.9 Å². The lowest BCUT2D eigenvalue weighted by Crippen LogP contribution is -2.27. The molecule has 1 aromatic heterocycles. The number of aryl methyl sites for hydroxylation is 1. The number of anilines is 1. The van der Waals surface area contributed by atoms with Crippen LogP contribution in [0.25, 0.3) is 0 Å². The number of ether oxygens (including phenoxy) is 1. The third kappa shape index (κ3) is 5.08. The molecule has 8 heteroatoms. The second-order valence-corrected chi connectivity index (χ2v) is 6.25. The first-order valence-electron chi connectivity index (χ1n) is 7.35. The van der Waals surface area contributed by atoms with Crippen LogP contribution in [0.15, 0.2) is 30.3 Å². The van der Waals surface area contributed by atoms with Crippen molar-refractivity contribution in [3.63, 3.8) is 0 Å². The molecular weight excluding hydrogens is 365 g/mol. The fourth-order valence-corrected chi connectivity index (χ4v) is 2.32. The van der Waals surface area contributed by atoms with E-state index in [1.54, 1.807) is 26.2 Å². The highest BCUT2D eigenvalue weighted by molar-refractivity contribution is 6.35. The Bertz CT molecular complexity index is 810. The third-order valence-electron chi connectivity index (χ3n) is 3.29. The normalized spacial score (nSPS) is 10.3. The van der Waals surface area contributed by atoms with Crippen molar-refractivity contribution in [3.8, 4) is 5.75 Å². The molecule has 2 amide bonds. The maximum atomic E-state index is 12.4. The van der Waals surface area contributed by atoms with Crippen molar-refractivity contribution >= 4 is 40.7 Å². The third-order valence-corrected chi connectivity index (χ3v) is 3.79. The summed E-state index contributed by atoms with van der Waals surface area (Å²) in [5, 5.41) is 2.91. The summed E-state index contributed by atoms with van der Waals surface area (Å²) >= 11 is 11.7. The number of hydrogen-bond donors (Lipinski definition) is 1. The monoisotopic (exact) mass is 381 g/mol. The average molecular weight is 382 g/mol. The van der Waals surface area contributed by atoms with Crippen LogP contribution in [-0.2, 0) is 4.79 Å². The summed E-state index contributed by atoms with van der Waals surface area (Å²) < 4.78 is 5.55. The minimum atomic E-state index is -0.457. The van der Waals surface area contributed by atoms with E-state index in [2.05, 4.69) is 10.3 Å². The number of likely N-dealkylation sites (N-methyl/N-ethyl adjacent to an activating group) is 1. The summed E-state index contributed by atoms with van der Waals surface area (Å²) in [5.41, 5.74) is 1.53. The van der Waals surface area contributed by atoms with Gasteiger partial charge in [0.2, 0.25) is 0 Å². The molecule has 0 spiro atoms. The fourth-order valence-electron chi connectivity index (χ4n) is 1.89. The van der Waals surface area contributed by atoms with E-state index < -0.39 is 5.91 Å². The Balaban J connectivity index is 2.21. The summed E-state index contributed by atoms with van der Waals surface area (Å²) in [5.74, 6) is -0.257. The van der Waals surface area contributed by atoms with Gasteiger partial charge in [-0.1, -0.05) is 29.3 Å². The van der Waals surface area contributed by atoms with Crippen molar-refractivity contribution in [2.24, 2.45) is 0 Å². The van der Waals surface area contributed by atoms with Gasteiger partial charge in [-0.25, -0.2) is 4.98 Å². The van der Waals surface area contributed by atoms with E-state index in [1.165, 1.54) is 17.0 Å². The smallest absolute Gasteiger partial charge is 0.259 e. The van der Waals surface area contributed by atoms with Crippen molar-refractivity contribution in [3.05, 3.63) is 51.8 Å². The van der Waals surface area contributed by atoms with Crippen molar-refractivity contribution < 1.29 is 14.3 Å². The van der Waals surface area contributed by atoms with Gasteiger partial charge in [0.15, 0.2) is 6.61 Å². The number of halogens is 2. The van der Waals surface area contributed by atoms with Gasteiger partial charge in [-0.3, -0.25) is 9.59 Å². The van der Waals surface area contributed by atoms with Crippen molar-refractivity contribution in [1.82, 2.24) is 9.88 Å². The molecule has 0 bridgehead atoms. The molecule has 1 aromatic carbocycles. The number of amides is 2. The van der Waals surface area contributed by atoms with Crippen molar-refractivity contribution in [2.75, 3.05) is 26.0 Å². The first-order chi connectivity index (χ1) is 11.8. The summed E-state index contributed by atoms with van der Waals surface area (Å²) in [4.78, 5) is 29.4. The molecule has 0 aliphatic heterocycles. The summed E-state index contributed by atoms with van der Waals surface area (Å²) in [6.45, 7) is 1.74. The van der Waals surface area contributed by atoms with E-state index >= 15 is 0 Å². The molecule has 0 fully saturated rings. The predicted octanol–water partition coefficient (Wildman–Crippen LogP) is 3.42. The molecule has 6 nitrogen and oxygen atoms in total. The van der Waals surface area contributed by atoms with Crippen LogP contribution in [0.2, 0.25) is 10.3 Å². The molecule has 2 aromatic rings. The minimum absolute atomic E-state index is 0.00219. The fraction of sp³-hybridized carbons (Fsp3) is 0.235. The first kappa shape index (κ1) is 19.0. The average Bonchev–Trinajstić information content (AvgIpc) is 2.54. The van der Waals surface area contributed by atoms with Crippen LogP contribution >= 0.6 is 23.2 Å². The molecule has 1 N–H and O–H groups in total. The standard InChI is InChI=1S/C17H17Cl2N3O3/c1-10-4-6-12(13(8-10)25-9-15(23)22(2)3)20-17(24)11-5-7-14(18)21-16(11)19/h4-8H,9H2,1-3H3,(H,20,24). The van der Waals surface area contributed by atoms with Gasteiger partial charge in [-0.05, 0) is 36.8 Å². The molecule has 0 saturated carbocycles. The highest BCUT2D eigenvalue weighted by Crippen LogP contribution is 2.27. The summed E-state index contributed by atoms with van der Waals surface area (Å²) in [7, 11) is 3.28. The molecule has 0 aliphatic rings. The number of aromatic nitrogens is 1. The first-order valence-corrected chi connectivity index (χ1v) is 8.10. The SMILES string of the molecule is Cc1ccc(NC(=O)c2ccc(Cl)nc2Cl)c(OCC(=O)N(C)C)c1. The number of pyridine rings is 1. The van der Waals surface area contributed by atoms with Crippen LogP contribution in [0.4, 0.5) is 5.69 Å². The largest absolute Gasteiger partial charge is 0.482 e. The second kappa shape index (κ2) is 8.18. The lowest BCUT2D eigenvalue weighted by Gasteiger charge is -2.15. The lowest BCUT2D eigenvalue weighted by atomic mass is 10.2. The molecule has 132 valence electrons. The summed E-state index contributed by atoms with van der Waals surface area (Å²) in [6, 6.07) is 8.21. The highest BCUT2D eigenvalue weighted by atomic mass is 35.5. The second-order valence-electron chi connectivity index (χ2n) is 5.50. The van der Waals surface area contributed by atoms with Crippen LogP contribution < -0.4 is 10.1 Å². The van der Waals surface area contributed by atoms with Crippen LogP contribution in [0, 0.1) is 6.92 Å². The number of rotatable bonds is 5. The van der Waals surface area contributed by atoms with Crippen LogP contribution in [0.3, 0.4) is 0 Å². The Labute approximate surface area is 155 Å². The van der Waals surface area contributed by atoms with Crippen molar-refractivity contribution in [1.29, 1.82) is 0 Å². The highest BCUT2D eigenvalue weighted by Gasteiger charge is 2.15. The number of nitrogens with zero attached hydrogens (tertiary/aromatic N) is 2. The minimum Gasteiger partial charge on any atom is -0.482 e. The van der Waals surface area contributed by atoms with Gasteiger partial charge in [0, 0.05) is 14.1 Å². The number of carbonyl (C=O) groups is 2. The molecular formula is C17H17Cl2N3O3. The van der Waals surface area contributed by atoms with Gasteiger partial charge in [0.25, 0.3) is 11.8 Å². The topological polar surface area (TPSA) is 71.5 Å². The van der Waals surface area contributed by atoms with Gasteiger partial charge in [-0.2, -0.15) is 0 Å². The molecule has 25 heavy (non-hydrogen) atoms. The molecule has 2 rings (SSSR count). The lowest BCUT2D eigenvalue weighted by molar-refractivity contribution is -0.130. The molecule has 0 radical (unpaired) electrons. The van der Waals surface area contributed by atoms with E-state index in [-0.39, 0.29) is 28.4 Å². The Morgan fingerprint density at radius 2 is 1.92 bits per heavy atom. The maximum absolute atomic E-state index is 12.4. The predicted molar refractivity (Wildman–Crippen MR) is 97.6 cm³/mol. The van der Waals surface area contributed by atoms with E-state index in [9.17, 15) is 9.59 Å². The quantitative estimate of drug-likeness (QED) is 0.805. The number of benzene rings is 1. The van der Waals surface area contributed by atoms with E-state index in [1.807, 2.05) is 13.0 Å². The zero-order valence-electron chi connectivity index (χ0n) is 14.0. The van der Waals surface area contributed by atoms with Crippen molar-refractivity contribution in [2.45, 2.75) is 6.92 Å².